The van der Waals surface area contributed by atoms with Crippen LogP contribution in [-0.4, -0.2) is 179 Å². The molecule has 31 heteroatoms. The molecule has 18 atom stereocenters. The molecule has 2 heterocycles. The summed E-state index contributed by atoms with van der Waals surface area (Å²) < 4.78 is 48.3. The van der Waals surface area contributed by atoms with Gasteiger partial charge < -0.3 is 103 Å². The maximum Gasteiger partial charge on any atom is 1.00 e. The van der Waals surface area contributed by atoms with Crippen LogP contribution in [0, 0.1) is 59.2 Å². The maximum absolute atomic E-state index is 13.3. The van der Waals surface area contributed by atoms with Crippen molar-refractivity contribution in [3.05, 3.63) is 0 Å². The van der Waals surface area contributed by atoms with Gasteiger partial charge in [0.2, 0.25) is 11.8 Å². The van der Waals surface area contributed by atoms with Crippen LogP contribution in [0.5, 0.6) is 0 Å². The number of aliphatic hydroxyl groups is 2. The van der Waals surface area contributed by atoms with Crippen molar-refractivity contribution < 1.29 is 240 Å². The topological polar surface area (TPSA) is 417 Å². The molecule has 79 heavy (non-hydrogen) atoms. The Morgan fingerprint density at radius 3 is 1.27 bits per heavy atom. The van der Waals surface area contributed by atoms with Gasteiger partial charge in [-0.15, -0.1) is 5.92 Å². The van der Waals surface area contributed by atoms with Gasteiger partial charge in [-0.2, -0.15) is 0 Å². The molecule has 2 saturated heterocycles. The number of amides is 2. The van der Waals surface area contributed by atoms with E-state index in [0.29, 0.717) is 0 Å². The fourth-order valence-corrected chi connectivity index (χ4v) is 7.90. The molecule has 0 aromatic rings. The first-order chi connectivity index (χ1) is 34.7. The summed E-state index contributed by atoms with van der Waals surface area (Å²) in [7, 11) is 2.49. The van der Waals surface area contributed by atoms with Crippen molar-refractivity contribution in [1.29, 1.82) is 0 Å². The Morgan fingerprint density at radius 2 is 0.911 bits per heavy atom. The van der Waals surface area contributed by atoms with Crippen LogP contribution in [-0.2, 0) is 90.6 Å². The molecule has 2 aliphatic heterocycles. The summed E-state index contributed by atoms with van der Waals surface area (Å²) in [6.45, 7) is 9.66. The number of hydrogen-bond acceptors (Lipinski definition) is 25. The minimum Gasteiger partial charge on any atom is -0.870 e. The molecule has 0 aromatic heterocycles. The van der Waals surface area contributed by atoms with Gasteiger partial charge in [0.25, 0.3) is 0 Å². The fraction of sp³-hybridized carbons (Fsp3) is 0.792. The molecule has 0 spiro atoms. The third-order valence-corrected chi connectivity index (χ3v) is 13.8. The molecule has 0 aromatic carbocycles. The van der Waals surface area contributed by atoms with Crippen LogP contribution in [0.25, 0.3) is 0 Å². The van der Waals surface area contributed by atoms with Crippen LogP contribution >= 0.6 is 0 Å². The molecule has 0 radical (unpaired) electrons. The first-order valence-electron chi connectivity index (χ1n) is 24.3. The fourth-order valence-electron chi connectivity index (χ4n) is 7.90. The zero-order valence-corrected chi connectivity index (χ0v) is 55.8. The van der Waals surface area contributed by atoms with Crippen LogP contribution in [0.1, 0.15) is 81.1 Å². The number of carbonyl (C=O) groups excluding carboxylic acids is 10. The summed E-state index contributed by atoms with van der Waals surface area (Å²) in [6, 6.07) is -2.25. The van der Waals surface area contributed by atoms with E-state index in [9.17, 15) is 73.5 Å². The summed E-state index contributed by atoms with van der Waals surface area (Å²) in [6.07, 6.45) is -6.77. The number of ether oxygens (including phenoxy) is 9. The van der Waals surface area contributed by atoms with Crippen molar-refractivity contribution in [3.8, 4) is 0 Å². The second-order valence-electron chi connectivity index (χ2n) is 18.7. The van der Waals surface area contributed by atoms with Gasteiger partial charge >= 0.3 is 142 Å². The third-order valence-electron chi connectivity index (χ3n) is 13.8. The minimum absolute atomic E-state index is 0. The van der Waals surface area contributed by atoms with Crippen molar-refractivity contribution in [2.24, 2.45) is 59.2 Å². The Hall–Kier alpha value is -1.42. The van der Waals surface area contributed by atoms with Crippen LogP contribution in [0.15, 0.2) is 0 Å². The van der Waals surface area contributed by atoms with Gasteiger partial charge in [-0.1, -0.05) is 55.4 Å². The monoisotopic (exact) mass is 1170 g/mol. The largest absolute Gasteiger partial charge is 1.00 e. The van der Waals surface area contributed by atoms with E-state index in [1.807, 2.05) is 0 Å². The van der Waals surface area contributed by atoms with E-state index in [1.165, 1.54) is 55.8 Å². The second kappa shape index (κ2) is 42.4. The number of nitrogens with one attached hydrogen (secondary N) is 2. The molecule has 2 rings (SSSR count). The average Bonchev–Trinajstić information content (AvgIpc) is 3.36. The van der Waals surface area contributed by atoms with E-state index in [-0.39, 0.29) is 170 Å². The zero-order valence-electron chi connectivity index (χ0n) is 47.8. The average molecular weight is 1170 g/mol. The SMILES string of the molecule is COC1OC(COC(=O)C(C)C(CCC(=O)OCCOCCOC(=O)CCC(C(=O)[O-])C(C)C(=O)NC2C(OC)OC(COC(=O)C(C)C(C)C(=O)[O-])C(C)C2O)C(=O)[O-])C(C)C(O)C1NC(=O)C(C)C(C)[C-]=O.[Na+].[Na+].[Na+].[Na+].[OH-]. The predicted molar refractivity (Wildman–Crippen MR) is 243 cm³/mol. The van der Waals surface area contributed by atoms with E-state index in [4.69, 9.17) is 42.6 Å². The summed E-state index contributed by atoms with van der Waals surface area (Å²) in [4.78, 5) is 122. The van der Waals surface area contributed by atoms with Gasteiger partial charge in [-0.05, 0) is 12.8 Å². The molecule has 5 N–H and O–H groups in total. The van der Waals surface area contributed by atoms with Crippen molar-refractivity contribution >= 4 is 59.9 Å². The molecule has 2 amide bonds. The van der Waals surface area contributed by atoms with Crippen molar-refractivity contribution in [1.82, 2.24) is 10.6 Å². The van der Waals surface area contributed by atoms with Crippen LogP contribution in [0.2, 0.25) is 0 Å². The number of aliphatic carboxylic acids is 3. The molecule has 0 saturated carbocycles. The first-order valence-corrected chi connectivity index (χ1v) is 24.3. The number of carbonyl (C=O) groups is 9. The van der Waals surface area contributed by atoms with E-state index in [0.717, 1.165) is 0 Å². The summed E-state index contributed by atoms with van der Waals surface area (Å²) >= 11 is 0. The number of carboxylic acid groups (broad SMARTS) is 3. The van der Waals surface area contributed by atoms with Gasteiger partial charge in [0, 0.05) is 86.4 Å². The van der Waals surface area contributed by atoms with Crippen LogP contribution in [0.3, 0.4) is 0 Å². The van der Waals surface area contributed by atoms with Gasteiger partial charge in [-0.3, -0.25) is 35.1 Å². The van der Waals surface area contributed by atoms with Crippen molar-refractivity contribution in [3.63, 3.8) is 0 Å². The number of methoxy groups -OCH3 is 2. The summed E-state index contributed by atoms with van der Waals surface area (Å²) in [5.74, 6) is -20.2. The Morgan fingerprint density at radius 1 is 0.544 bits per heavy atom. The zero-order chi connectivity index (χ0) is 56.1. The number of aliphatic hydroxyl groups excluding tert-OH is 2. The quantitative estimate of drug-likeness (QED) is 0.0160. The molecule has 2 fully saturated rings. The summed E-state index contributed by atoms with van der Waals surface area (Å²) in [5, 5.41) is 62.4. The molecule has 18 unspecified atom stereocenters. The van der Waals surface area contributed by atoms with Crippen LogP contribution < -0.4 is 144 Å². The Kier molecular flexibility index (Phi) is 45.1. The molecular formula is C48H73N2Na4O25-. The standard InChI is InChI=1S/C48H75N2O24.4Na.H2O/c1-22(19-51)23(2)40(56)49-36-38(54)29(8)33(74-47(36)66-9)21-72-46(65)27(6)31(44(62)63)12-14-35(53)70-18-16-68-15-17-69-34(52)13-11-30(43(60)61)26(5)41(57)50-37-39(55)28(7)32(73-48(37)67-10)20-71-45(64)25(4)24(3)42(58)59;;;;;/h22-33,36-39,47-48,54-55H,11-18,20-21H2,1-10H3,(H,49,56)(H,50,57)(H,58,59)(H,60,61)(H,62,63);;;;;1H2/q-1;4*+1;/p-4. The Bertz CT molecular complexity index is 1920. The smallest absolute Gasteiger partial charge is 0.870 e. The van der Waals surface area contributed by atoms with E-state index in [2.05, 4.69) is 10.6 Å². The molecule has 2 aliphatic rings. The number of rotatable bonds is 32. The normalized spacial score (nSPS) is 25.3. The predicted octanol–water partition coefficient (Wildman–Crippen LogP) is -16.3. The molecule has 27 nitrogen and oxygen atoms in total. The molecule has 0 aliphatic carbocycles. The molecular weight excluding hydrogens is 1100 g/mol. The van der Waals surface area contributed by atoms with Gasteiger partial charge in [0.05, 0.1) is 49.5 Å². The van der Waals surface area contributed by atoms with Gasteiger partial charge in [0.15, 0.2) is 12.6 Å². The molecule has 430 valence electrons. The van der Waals surface area contributed by atoms with E-state index < -0.39 is 181 Å². The van der Waals surface area contributed by atoms with Crippen molar-refractivity contribution in [2.75, 3.05) is 53.9 Å². The maximum atomic E-state index is 13.3. The number of carboxylic acids is 3. The van der Waals surface area contributed by atoms with Gasteiger partial charge in [-0.25, -0.2) is 0 Å². The van der Waals surface area contributed by atoms with Crippen molar-refractivity contribution in [2.45, 2.75) is 130 Å². The third kappa shape index (κ3) is 26.6. The Balaban J connectivity index is -0.00000562. The van der Waals surface area contributed by atoms with E-state index >= 15 is 0 Å². The van der Waals surface area contributed by atoms with E-state index in [1.54, 1.807) is 20.1 Å². The number of esters is 4. The first kappa shape index (κ1) is 84.0. The number of hydrogen-bond donors (Lipinski definition) is 4. The van der Waals surface area contributed by atoms with Gasteiger partial charge in [0.1, 0.15) is 38.5 Å². The second-order valence-corrected chi connectivity index (χ2v) is 18.7. The minimum atomic E-state index is -1.64. The molecule has 0 bridgehead atoms. The Labute approximate surface area is 548 Å². The summed E-state index contributed by atoms with van der Waals surface area (Å²) in [5.41, 5.74) is 0. The van der Waals surface area contributed by atoms with Crippen LogP contribution in [0.4, 0.5) is 0 Å².